The Labute approximate surface area is 206 Å². The van der Waals surface area contributed by atoms with Crippen LogP contribution in [-0.2, 0) is 12.8 Å². The van der Waals surface area contributed by atoms with Crippen molar-refractivity contribution >= 4 is 0 Å². The van der Waals surface area contributed by atoms with Crippen LogP contribution in [0.3, 0.4) is 0 Å². The van der Waals surface area contributed by atoms with Gasteiger partial charge in [-0.05, 0) is 103 Å². The Morgan fingerprint density at radius 2 is 1.50 bits per heavy atom. The molecule has 0 aromatic heterocycles. The summed E-state index contributed by atoms with van der Waals surface area (Å²) in [6, 6.07) is 13.0. The van der Waals surface area contributed by atoms with E-state index in [0.717, 1.165) is 43.7 Å². The van der Waals surface area contributed by atoms with Crippen molar-refractivity contribution in [2.75, 3.05) is 41.3 Å². The summed E-state index contributed by atoms with van der Waals surface area (Å²) >= 11 is 0. The summed E-state index contributed by atoms with van der Waals surface area (Å²) < 4.78 is 6.68. The van der Waals surface area contributed by atoms with Gasteiger partial charge in [0.1, 0.15) is 17.1 Å². The van der Waals surface area contributed by atoms with E-state index >= 15 is 0 Å². The lowest BCUT2D eigenvalue weighted by Gasteiger charge is -2.50. The molecule has 1 N–H and O–H groups in total. The third-order valence-corrected chi connectivity index (χ3v) is 7.62. The number of rotatable bonds is 7. The zero-order valence-corrected chi connectivity index (χ0v) is 22.1. The number of allylic oxidation sites excluding steroid dienone is 2. The van der Waals surface area contributed by atoms with Crippen LogP contribution in [0.5, 0.6) is 11.5 Å². The van der Waals surface area contributed by atoms with Crippen LogP contribution in [0.15, 0.2) is 48.0 Å². The maximum Gasteiger partial charge on any atom is 0.123 e. The number of hydrogen-bond donors (Lipinski definition) is 1. The summed E-state index contributed by atoms with van der Waals surface area (Å²) in [5, 5.41) is 11.0. The van der Waals surface area contributed by atoms with Gasteiger partial charge in [-0.25, -0.2) is 0 Å². The first-order valence-corrected chi connectivity index (χ1v) is 12.7. The van der Waals surface area contributed by atoms with E-state index in [-0.39, 0.29) is 17.4 Å². The van der Waals surface area contributed by atoms with Crippen molar-refractivity contribution in [1.29, 1.82) is 0 Å². The molecule has 0 fully saturated rings. The standard InChI is InChI=1S/C30H42N2O2/c1-20-16-25(23-18-21(8-10-27(23)33)12-14-31(4)5)29-26(17-20)24-19-22(13-15-32(6)7)9-11-28(24)34-30(29,2)3/h8-11,16,18-19,25-26,29,33H,12-15,17H2,1-7H3/t25?,26-,29+/m0/s1. The second-order valence-electron chi connectivity index (χ2n) is 11.5. The molecule has 4 rings (SSSR count). The van der Waals surface area contributed by atoms with Crippen LogP contribution in [0.25, 0.3) is 0 Å². The number of aromatic hydroxyl groups is 1. The molecule has 0 spiro atoms. The lowest BCUT2D eigenvalue weighted by atomic mass is 9.61. The van der Waals surface area contributed by atoms with Crippen molar-refractivity contribution in [2.45, 2.75) is 57.5 Å². The van der Waals surface area contributed by atoms with E-state index in [1.165, 1.54) is 22.3 Å². The molecule has 0 saturated heterocycles. The number of fused-ring (bicyclic) bond motifs is 3. The third kappa shape index (κ3) is 5.18. The average molecular weight is 463 g/mol. The lowest BCUT2D eigenvalue weighted by Crippen LogP contribution is -2.48. The Balaban J connectivity index is 1.74. The van der Waals surface area contributed by atoms with Crippen LogP contribution in [-0.4, -0.2) is 61.8 Å². The van der Waals surface area contributed by atoms with Crippen LogP contribution in [0, 0.1) is 5.92 Å². The highest BCUT2D eigenvalue weighted by Gasteiger charge is 2.49. The third-order valence-electron chi connectivity index (χ3n) is 7.62. The molecular weight excluding hydrogens is 420 g/mol. The predicted molar refractivity (Wildman–Crippen MR) is 141 cm³/mol. The van der Waals surface area contributed by atoms with Gasteiger partial charge in [0.2, 0.25) is 0 Å². The molecule has 0 amide bonds. The minimum Gasteiger partial charge on any atom is -0.508 e. The molecule has 2 aromatic carbocycles. The normalized spacial score (nSPS) is 23.3. The molecule has 2 aromatic rings. The SMILES string of the molecule is CC1=CC(c2cc(CCN(C)C)ccc2O)[C@@H]2[C@@H](C1)c1cc(CCN(C)C)ccc1OC2(C)C. The van der Waals surface area contributed by atoms with Crippen molar-refractivity contribution in [3.63, 3.8) is 0 Å². The fraction of sp³-hybridized carbons (Fsp3) is 0.533. The summed E-state index contributed by atoms with van der Waals surface area (Å²) in [5.41, 5.74) is 6.07. The van der Waals surface area contributed by atoms with E-state index in [4.69, 9.17) is 4.74 Å². The molecule has 0 radical (unpaired) electrons. The van der Waals surface area contributed by atoms with Gasteiger partial charge in [-0.3, -0.25) is 0 Å². The van der Waals surface area contributed by atoms with Gasteiger partial charge in [0.05, 0.1) is 0 Å². The first-order valence-electron chi connectivity index (χ1n) is 12.7. The number of nitrogens with zero attached hydrogens (tertiary/aromatic N) is 2. The number of benzene rings is 2. The maximum atomic E-state index is 11.0. The van der Waals surface area contributed by atoms with E-state index in [2.05, 4.69) is 95.2 Å². The van der Waals surface area contributed by atoms with Crippen LogP contribution >= 0.6 is 0 Å². The second kappa shape index (κ2) is 9.75. The minimum atomic E-state index is -0.337. The van der Waals surface area contributed by atoms with Crippen molar-refractivity contribution in [3.8, 4) is 11.5 Å². The van der Waals surface area contributed by atoms with E-state index in [1.807, 2.05) is 6.07 Å². The van der Waals surface area contributed by atoms with Gasteiger partial charge in [0, 0.05) is 30.5 Å². The monoisotopic (exact) mass is 462 g/mol. The van der Waals surface area contributed by atoms with E-state index in [0.29, 0.717) is 11.7 Å². The zero-order valence-electron chi connectivity index (χ0n) is 22.1. The molecule has 4 heteroatoms. The minimum absolute atomic E-state index is 0.117. The van der Waals surface area contributed by atoms with Gasteiger partial charge < -0.3 is 19.6 Å². The van der Waals surface area contributed by atoms with Gasteiger partial charge in [-0.1, -0.05) is 35.9 Å². The quantitative estimate of drug-likeness (QED) is 0.543. The molecule has 34 heavy (non-hydrogen) atoms. The molecule has 1 aliphatic carbocycles. The van der Waals surface area contributed by atoms with Crippen molar-refractivity contribution in [1.82, 2.24) is 9.80 Å². The highest BCUT2D eigenvalue weighted by Crippen LogP contribution is 2.56. The molecular formula is C30H42N2O2. The molecule has 1 aliphatic heterocycles. The van der Waals surface area contributed by atoms with Crippen molar-refractivity contribution in [3.05, 3.63) is 70.3 Å². The second-order valence-corrected chi connectivity index (χ2v) is 11.5. The topological polar surface area (TPSA) is 35.9 Å². The van der Waals surface area contributed by atoms with Crippen molar-refractivity contribution in [2.24, 2.45) is 5.92 Å². The predicted octanol–water partition coefficient (Wildman–Crippen LogP) is 5.61. The molecule has 3 atom stereocenters. The Kier molecular flexibility index (Phi) is 7.12. The van der Waals surface area contributed by atoms with E-state index < -0.39 is 0 Å². The van der Waals surface area contributed by atoms with Gasteiger partial charge >= 0.3 is 0 Å². The summed E-state index contributed by atoms with van der Waals surface area (Å²) in [6.45, 7) is 8.72. The van der Waals surface area contributed by atoms with Crippen LogP contribution in [0.2, 0.25) is 0 Å². The Hall–Kier alpha value is -2.30. The van der Waals surface area contributed by atoms with Gasteiger partial charge in [-0.2, -0.15) is 0 Å². The molecule has 2 aliphatic rings. The molecule has 0 saturated carbocycles. The molecule has 0 bridgehead atoms. The summed E-state index contributed by atoms with van der Waals surface area (Å²) in [7, 11) is 8.45. The fourth-order valence-electron chi connectivity index (χ4n) is 5.93. The number of phenolic OH excluding ortho intramolecular Hbond substituents is 1. The molecule has 4 nitrogen and oxygen atoms in total. The first-order chi connectivity index (χ1) is 16.0. The van der Waals surface area contributed by atoms with E-state index in [1.54, 1.807) is 0 Å². The number of likely N-dealkylation sites (N-methyl/N-ethyl adjacent to an activating group) is 2. The Morgan fingerprint density at radius 1 is 0.912 bits per heavy atom. The highest BCUT2D eigenvalue weighted by atomic mass is 16.5. The Morgan fingerprint density at radius 3 is 2.12 bits per heavy atom. The van der Waals surface area contributed by atoms with Gasteiger partial charge in [-0.15, -0.1) is 0 Å². The van der Waals surface area contributed by atoms with Gasteiger partial charge in [0.15, 0.2) is 0 Å². The van der Waals surface area contributed by atoms with Crippen LogP contribution in [0.1, 0.15) is 61.3 Å². The largest absolute Gasteiger partial charge is 0.508 e. The first kappa shape index (κ1) is 24.8. The van der Waals surface area contributed by atoms with Crippen LogP contribution in [0.4, 0.5) is 0 Å². The fourth-order valence-corrected chi connectivity index (χ4v) is 5.93. The van der Waals surface area contributed by atoms with E-state index in [9.17, 15) is 5.11 Å². The average Bonchev–Trinajstić information content (AvgIpc) is 2.76. The maximum absolute atomic E-state index is 11.0. The highest BCUT2D eigenvalue weighted by molar-refractivity contribution is 5.49. The Bertz CT molecular complexity index is 1050. The number of hydrogen-bond acceptors (Lipinski definition) is 4. The van der Waals surface area contributed by atoms with Crippen molar-refractivity contribution < 1.29 is 9.84 Å². The summed E-state index contributed by atoms with van der Waals surface area (Å²) in [4.78, 5) is 4.44. The lowest BCUT2D eigenvalue weighted by molar-refractivity contribution is -0.000501. The molecule has 1 heterocycles. The van der Waals surface area contributed by atoms with Crippen LogP contribution < -0.4 is 4.74 Å². The smallest absolute Gasteiger partial charge is 0.123 e. The molecule has 1 unspecified atom stereocenters. The number of phenols is 1. The summed E-state index contributed by atoms with van der Waals surface area (Å²) in [6.07, 6.45) is 5.44. The molecule has 184 valence electrons. The zero-order chi connectivity index (χ0) is 24.6. The van der Waals surface area contributed by atoms with Gasteiger partial charge in [0.25, 0.3) is 0 Å². The summed E-state index contributed by atoms with van der Waals surface area (Å²) in [5.74, 6) is 2.16. The number of ether oxygens (including phenoxy) is 1.